The van der Waals surface area contributed by atoms with Crippen LogP contribution in [0.25, 0.3) is 11.1 Å². The summed E-state index contributed by atoms with van der Waals surface area (Å²) in [5.41, 5.74) is 2.74. The number of rotatable bonds is 3. The summed E-state index contributed by atoms with van der Waals surface area (Å²) in [5, 5.41) is 8.85. The summed E-state index contributed by atoms with van der Waals surface area (Å²) >= 11 is 0. The summed E-state index contributed by atoms with van der Waals surface area (Å²) in [7, 11) is 0. The highest BCUT2D eigenvalue weighted by molar-refractivity contribution is 5.73. The number of hydrogen-bond donors (Lipinski definition) is 1. The van der Waals surface area contributed by atoms with Crippen molar-refractivity contribution in [1.29, 1.82) is 0 Å². The van der Waals surface area contributed by atoms with Crippen molar-refractivity contribution in [1.82, 2.24) is 0 Å². The zero-order chi connectivity index (χ0) is 13.9. The van der Waals surface area contributed by atoms with E-state index in [1.807, 2.05) is 42.5 Å². The summed E-state index contributed by atoms with van der Waals surface area (Å²) in [6, 6.07) is 13.3. The van der Waals surface area contributed by atoms with Gasteiger partial charge in [0.2, 0.25) is 0 Å². The van der Waals surface area contributed by atoms with Gasteiger partial charge in [0.1, 0.15) is 13.2 Å². The number of hydrogen-bond acceptors (Lipinski definition) is 3. The van der Waals surface area contributed by atoms with E-state index in [4.69, 9.17) is 14.6 Å². The van der Waals surface area contributed by atoms with E-state index >= 15 is 0 Å². The Kier molecular flexibility index (Phi) is 3.29. The van der Waals surface area contributed by atoms with Gasteiger partial charge in [0.15, 0.2) is 11.5 Å². The van der Waals surface area contributed by atoms with Gasteiger partial charge in [-0.25, -0.2) is 0 Å². The molecule has 0 unspecified atom stereocenters. The van der Waals surface area contributed by atoms with Crippen LogP contribution < -0.4 is 9.47 Å². The molecule has 0 fully saturated rings. The van der Waals surface area contributed by atoms with Gasteiger partial charge >= 0.3 is 5.97 Å². The molecule has 3 rings (SSSR count). The Bertz CT molecular complexity index is 649. The lowest BCUT2D eigenvalue weighted by atomic mass is 10.0. The van der Waals surface area contributed by atoms with E-state index in [9.17, 15) is 4.79 Å². The first-order chi connectivity index (χ1) is 9.72. The van der Waals surface area contributed by atoms with Crippen molar-refractivity contribution in [2.45, 2.75) is 6.42 Å². The van der Waals surface area contributed by atoms with Crippen molar-refractivity contribution < 1.29 is 19.4 Å². The zero-order valence-electron chi connectivity index (χ0n) is 10.8. The fraction of sp³-hybridized carbons (Fsp3) is 0.188. The Hall–Kier alpha value is -2.49. The summed E-state index contributed by atoms with van der Waals surface area (Å²) in [6.07, 6.45) is 0.0262. The molecule has 4 nitrogen and oxygen atoms in total. The van der Waals surface area contributed by atoms with Crippen LogP contribution >= 0.6 is 0 Å². The molecule has 0 bridgehead atoms. The van der Waals surface area contributed by atoms with Crippen LogP contribution in [0.15, 0.2) is 42.5 Å². The van der Waals surface area contributed by atoms with E-state index in [1.54, 1.807) is 0 Å². The molecule has 0 amide bonds. The molecule has 0 aliphatic carbocycles. The van der Waals surface area contributed by atoms with Gasteiger partial charge in [0.25, 0.3) is 0 Å². The van der Waals surface area contributed by atoms with E-state index in [-0.39, 0.29) is 6.42 Å². The maximum atomic E-state index is 10.8. The van der Waals surface area contributed by atoms with E-state index in [1.165, 1.54) is 0 Å². The van der Waals surface area contributed by atoms with Gasteiger partial charge in [-0.3, -0.25) is 4.79 Å². The Labute approximate surface area is 116 Å². The lowest BCUT2D eigenvalue weighted by Crippen LogP contribution is -2.15. The highest BCUT2D eigenvalue weighted by Crippen LogP contribution is 2.34. The van der Waals surface area contributed by atoms with Gasteiger partial charge in [-0.2, -0.15) is 0 Å². The molecule has 0 atom stereocenters. The Morgan fingerprint density at radius 1 is 1.00 bits per heavy atom. The van der Waals surface area contributed by atoms with Crippen molar-refractivity contribution in [3.63, 3.8) is 0 Å². The predicted octanol–water partition coefficient (Wildman–Crippen LogP) is 2.75. The molecule has 0 spiro atoms. The molecular weight excluding hydrogens is 256 g/mol. The van der Waals surface area contributed by atoms with E-state index < -0.39 is 5.97 Å². The number of ether oxygens (including phenoxy) is 2. The summed E-state index contributed by atoms with van der Waals surface area (Å²) in [4.78, 5) is 10.8. The molecule has 1 aliphatic rings. The van der Waals surface area contributed by atoms with Crippen LogP contribution in [0.3, 0.4) is 0 Å². The summed E-state index contributed by atoms with van der Waals surface area (Å²) < 4.78 is 11.0. The third-order valence-electron chi connectivity index (χ3n) is 3.16. The van der Waals surface area contributed by atoms with E-state index in [0.29, 0.717) is 13.2 Å². The van der Waals surface area contributed by atoms with Crippen molar-refractivity contribution in [2.75, 3.05) is 13.2 Å². The Balaban J connectivity index is 1.94. The number of carboxylic acid groups (broad SMARTS) is 1. The number of carboxylic acids is 1. The summed E-state index contributed by atoms with van der Waals surface area (Å²) in [6.45, 7) is 1.12. The average molecular weight is 270 g/mol. The molecular formula is C16H14O4. The minimum absolute atomic E-state index is 0.0262. The smallest absolute Gasteiger partial charge is 0.307 e. The standard InChI is InChI=1S/C16H14O4/c17-16(18)9-11-2-1-3-12(8-11)13-4-5-14-15(10-13)20-7-6-19-14/h1-5,8,10H,6-7,9H2,(H,17,18). The Morgan fingerprint density at radius 2 is 1.75 bits per heavy atom. The second kappa shape index (κ2) is 5.25. The lowest BCUT2D eigenvalue weighted by Gasteiger charge is -2.19. The first-order valence-corrected chi connectivity index (χ1v) is 6.43. The van der Waals surface area contributed by atoms with Crippen LogP contribution in [0.1, 0.15) is 5.56 Å². The summed E-state index contributed by atoms with van der Waals surface area (Å²) in [5.74, 6) is 0.656. The molecule has 20 heavy (non-hydrogen) atoms. The second-order valence-corrected chi connectivity index (χ2v) is 4.63. The zero-order valence-corrected chi connectivity index (χ0v) is 10.8. The molecule has 102 valence electrons. The van der Waals surface area contributed by atoms with Crippen LogP contribution in [0, 0.1) is 0 Å². The average Bonchev–Trinajstić information content (AvgIpc) is 2.46. The van der Waals surface area contributed by atoms with E-state index in [0.717, 1.165) is 28.2 Å². The second-order valence-electron chi connectivity index (χ2n) is 4.63. The SMILES string of the molecule is O=C(O)Cc1cccc(-c2ccc3c(c2)OCCO3)c1. The van der Waals surface area contributed by atoms with E-state index in [2.05, 4.69) is 0 Å². The lowest BCUT2D eigenvalue weighted by molar-refractivity contribution is -0.136. The molecule has 4 heteroatoms. The quantitative estimate of drug-likeness (QED) is 0.931. The minimum Gasteiger partial charge on any atom is -0.486 e. The van der Waals surface area contributed by atoms with Crippen molar-refractivity contribution in [2.24, 2.45) is 0 Å². The van der Waals surface area contributed by atoms with Crippen molar-refractivity contribution >= 4 is 5.97 Å². The predicted molar refractivity (Wildman–Crippen MR) is 74.2 cm³/mol. The molecule has 0 saturated heterocycles. The first-order valence-electron chi connectivity index (χ1n) is 6.43. The number of fused-ring (bicyclic) bond motifs is 1. The monoisotopic (exact) mass is 270 g/mol. The maximum Gasteiger partial charge on any atom is 0.307 e. The van der Waals surface area contributed by atoms with Crippen molar-refractivity contribution in [3.8, 4) is 22.6 Å². The highest BCUT2D eigenvalue weighted by atomic mass is 16.6. The van der Waals surface area contributed by atoms with Crippen LogP contribution in [0.2, 0.25) is 0 Å². The molecule has 0 saturated carbocycles. The van der Waals surface area contributed by atoms with Gasteiger partial charge in [-0.15, -0.1) is 0 Å². The third-order valence-corrected chi connectivity index (χ3v) is 3.16. The normalized spacial score (nSPS) is 13.0. The topological polar surface area (TPSA) is 55.8 Å². The molecule has 0 radical (unpaired) electrons. The molecule has 1 aliphatic heterocycles. The van der Waals surface area contributed by atoms with Gasteiger partial charge in [-0.05, 0) is 28.8 Å². The minimum atomic E-state index is -0.829. The molecule has 2 aromatic carbocycles. The number of carbonyl (C=O) groups is 1. The fourth-order valence-corrected chi connectivity index (χ4v) is 2.26. The van der Waals surface area contributed by atoms with Gasteiger partial charge in [-0.1, -0.05) is 30.3 Å². The molecule has 0 aromatic heterocycles. The van der Waals surface area contributed by atoms with Gasteiger partial charge in [0, 0.05) is 0 Å². The first kappa shape index (κ1) is 12.5. The number of aliphatic carboxylic acids is 1. The Morgan fingerprint density at radius 3 is 2.55 bits per heavy atom. The van der Waals surface area contributed by atoms with Crippen molar-refractivity contribution in [3.05, 3.63) is 48.0 Å². The van der Waals surface area contributed by atoms with Crippen LogP contribution in [0.5, 0.6) is 11.5 Å². The molecule has 1 heterocycles. The van der Waals surface area contributed by atoms with Crippen LogP contribution in [-0.4, -0.2) is 24.3 Å². The largest absolute Gasteiger partial charge is 0.486 e. The third kappa shape index (κ3) is 2.59. The highest BCUT2D eigenvalue weighted by Gasteiger charge is 2.12. The van der Waals surface area contributed by atoms with Crippen LogP contribution in [0.4, 0.5) is 0 Å². The maximum absolute atomic E-state index is 10.8. The fourth-order valence-electron chi connectivity index (χ4n) is 2.26. The molecule has 2 aromatic rings. The van der Waals surface area contributed by atoms with Gasteiger partial charge < -0.3 is 14.6 Å². The molecule has 1 N–H and O–H groups in total. The number of benzene rings is 2. The van der Waals surface area contributed by atoms with Crippen LogP contribution in [-0.2, 0) is 11.2 Å². The van der Waals surface area contributed by atoms with Gasteiger partial charge in [0.05, 0.1) is 6.42 Å².